The molecule has 0 radical (unpaired) electrons. The smallest absolute Gasteiger partial charge is 0.416 e. The van der Waals surface area contributed by atoms with E-state index in [2.05, 4.69) is 4.98 Å². The van der Waals surface area contributed by atoms with E-state index in [1.54, 1.807) is 6.92 Å². The fourth-order valence-corrected chi connectivity index (χ4v) is 2.02. The van der Waals surface area contributed by atoms with Gasteiger partial charge < -0.3 is 9.15 Å². The van der Waals surface area contributed by atoms with E-state index in [1.807, 2.05) is 0 Å². The molecular weight excluding hydrogens is 333 g/mol. The highest BCUT2D eigenvalue weighted by Crippen LogP contribution is 2.31. The molecule has 3 nitrogen and oxygen atoms in total. The van der Waals surface area contributed by atoms with Crippen molar-refractivity contribution in [2.75, 3.05) is 6.61 Å². The maximum atomic E-state index is 12.8. The molecule has 0 N–H and O–H groups in total. The number of aryl methyl sites for hydroxylation is 1. The predicted molar refractivity (Wildman–Crippen MR) is 76.6 cm³/mol. The normalized spacial score (nSPS) is 12.6. The standard InChI is InChI=1S/C16H16F5NO2/c1-3-13-12(8-23-9-15(2,17)18)22-14(24-13)10-4-6-11(7-5-10)16(19,20)21/h4-7H,3,8-9H2,1-2H3. The van der Waals surface area contributed by atoms with Crippen LogP contribution in [-0.4, -0.2) is 17.5 Å². The molecule has 0 aliphatic heterocycles. The Hall–Kier alpha value is -1.96. The minimum Gasteiger partial charge on any atom is -0.441 e. The van der Waals surface area contributed by atoms with Crippen molar-refractivity contribution < 1.29 is 31.1 Å². The third-order valence-electron chi connectivity index (χ3n) is 3.15. The Morgan fingerprint density at radius 2 is 1.71 bits per heavy atom. The number of alkyl halides is 5. The van der Waals surface area contributed by atoms with Gasteiger partial charge in [-0.25, -0.2) is 13.8 Å². The van der Waals surface area contributed by atoms with Crippen LogP contribution in [0, 0.1) is 0 Å². The van der Waals surface area contributed by atoms with Crippen LogP contribution in [0.1, 0.15) is 30.9 Å². The lowest BCUT2D eigenvalue weighted by molar-refractivity contribution is -0.137. The second kappa shape index (κ2) is 6.88. The van der Waals surface area contributed by atoms with Gasteiger partial charge in [-0.3, -0.25) is 0 Å². The zero-order valence-electron chi connectivity index (χ0n) is 13.1. The number of rotatable bonds is 6. The largest absolute Gasteiger partial charge is 0.441 e. The average molecular weight is 349 g/mol. The molecule has 2 aromatic rings. The van der Waals surface area contributed by atoms with Crippen LogP contribution in [0.5, 0.6) is 0 Å². The van der Waals surface area contributed by atoms with E-state index in [0.717, 1.165) is 19.1 Å². The van der Waals surface area contributed by atoms with Gasteiger partial charge >= 0.3 is 6.18 Å². The number of nitrogens with zero attached hydrogens (tertiary/aromatic N) is 1. The second-order valence-electron chi connectivity index (χ2n) is 5.38. The second-order valence-corrected chi connectivity index (χ2v) is 5.38. The molecular formula is C16H16F5NO2. The molecule has 0 fully saturated rings. The van der Waals surface area contributed by atoms with Crippen molar-refractivity contribution in [2.45, 2.75) is 39.0 Å². The van der Waals surface area contributed by atoms with Crippen molar-refractivity contribution in [1.82, 2.24) is 4.98 Å². The molecule has 24 heavy (non-hydrogen) atoms. The molecule has 0 spiro atoms. The highest BCUT2D eigenvalue weighted by Gasteiger charge is 2.30. The lowest BCUT2D eigenvalue weighted by atomic mass is 10.1. The molecule has 2 rings (SSSR count). The van der Waals surface area contributed by atoms with Crippen molar-refractivity contribution in [1.29, 1.82) is 0 Å². The fraction of sp³-hybridized carbons (Fsp3) is 0.438. The van der Waals surface area contributed by atoms with Crippen molar-refractivity contribution in [3.05, 3.63) is 41.3 Å². The number of hydrogen-bond acceptors (Lipinski definition) is 3. The third-order valence-corrected chi connectivity index (χ3v) is 3.15. The lowest BCUT2D eigenvalue weighted by Crippen LogP contribution is -2.18. The van der Waals surface area contributed by atoms with Gasteiger partial charge in [0, 0.05) is 18.9 Å². The SMILES string of the molecule is CCc1oc(-c2ccc(C(F)(F)F)cc2)nc1COCC(C)(F)F. The van der Waals surface area contributed by atoms with Gasteiger partial charge in [-0.15, -0.1) is 0 Å². The molecule has 1 aromatic carbocycles. The van der Waals surface area contributed by atoms with E-state index >= 15 is 0 Å². The summed E-state index contributed by atoms with van der Waals surface area (Å²) in [6, 6.07) is 4.36. The van der Waals surface area contributed by atoms with Crippen LogP contribution >= 0.6 is 0 Å². The molecule has 8 heteroatoms. The Labute approximate surface area is 135 Å². The Bertz CT molecular complexity index is 671. The summed E-state index contributed by atoms with van der Waals surface area (Å²) in [5, 5.41) is 0. The summed E-state index contributed by atoms with van der Waals surface area (Å²) >= 11 is 0. The Kier molecular flexibility index (Phi) is 5.27. The van der Waals surface area contributed by atoms with Crippen molar-refractivity contribution in [2.24, 2.45) is 0 Å². The van der Waals surface area contributed by atoms with Gasteiger partial charge in [0.25, 0.3) is 5.92 Å². The van der Waals surface area contributed by atoms with Gasteiger partial charge in [0.05, 0.1) is 12.2 Å². The molecule has 0 saturated carbocycles. The summed E-state index contributed by atoms with van der Waals surface area (Å²) in [4.78, 5) is 4.14. The summed E-state index contributed by atoms with van der Waals surface area (Å²) in [5.41, 5.74) is -0.0522. The minimum absolute atomic E-state index is 0.127. The van der Waals surface area contributed by atoms with Crippen molar-refractivity contribution in [3.8, 4) is 11.5 Å². The third kappa shape index (κ3) is 4.77. The van der Waals surface area contributed by atoms with E-state index in [4.69, 9.17) is 9.15 Å². The van der Waals surface area contributed by atoms with Crippen molar-refractivity contribution >= 4 is 0 Å². The zero-order valence-corrected chi connectivity index (χ0v) is 13.1. The highest BCUT2D eigenvalue weighted by molar-refractivity contribution is 5.54. The van der Waals surface area contributed by atoms with Crippen LogP contribution in [0.4, 0.5) is 22.0 Å². The number of hydrogen-bond donors (Lipinski definition) is 0. The number of oxazole rings is 1. The first-order valence-corrected chi connectivity index (χ1v) is 7.22. The average Bonchev–Trinajstić information content (AvgIpc) is 2.88. The maximum Gasteiger partial charge on any atom is 0.416 e. The minimum atomic E-state index is -4.42. The first kappa shape index (κ1) is 18.4. The number of halogens is 5. The summed E-state index contributed by atoms with van der Waals surface area (Å²) in [5.74, 6) is -2.38. The van der Waals surface area contributed by atoms with Gasteiger partial charge in [-0.1, -0.05) is 6.92 Å². The van der Waals surface area contributed by atoms with E-state index in [-0.39, 0.29) is 12.5 Å². The van der Waals surface area contributed by atoms with Gasteiger partial charge in [0.1, 0.15) is 18.1 Å². The van der Waals surface area contributed by atoms with Gasteiger partial charge in [0.15, 0.2) is 0 Å². The molecule has 0 bridgehead atoms. The van der Waals surface area contributed by atoms with E-state index in [9.17, 15) is 22.0 Å². The van der Waals surface area contributed by atoms with E-state index in [1.165, 1.54) is 12.1 Å². The Morgan fingerprint density at radius 1 is 1.08 bits per heavy atom. The van der Waals surface area contributed by atoms with E-state index < -0.39 is 24.3 Å². The first-order valence-electron chi connectivity index (χ1n) is 7.22. The number of ether oxygens (including phenoxy) is 1. The molecule has 0 unspecified atom stereocenters. The topological polar surface area (TPSA) is 35.3 Å². The summed E-state index contributed by atoms with van der Waals surface area (Å²) in [7, 11) is 0. The highest BCUT2D eigenvalue weighted by atomic mass is 19.4. The molecule has 0 aliphatic carbocycles. The Morgan fingerprint density at radius 3 is 2.21 bits per heavy atom. The summed E-state index contributed by atoms with van der Waals surface area (Å²) in [6.07, 6.45) is -3.97. The summed E-state index contributed by atoms with van der Waals surface area (Å²) in [6.45, 7) is 1.62. The molecule has 1 heterocycles. The van der Waals surface area contributed by atoms with Crippen LogP contribution in [0.3, 0.4) is 0 Å². The zero-order chi connectivity index (χ0) is 18.0. The summed E-state index contributed by atoms with van der Waals surface area (Å²) < 4.78 is 73.6. The number of aromatic nitrogens is 1. The fourth-order valence-electron chi connectivity index (χ4n) is 2.02. The predicted octanol–water partition coefficient (Wildman–Crippen LogP) is 5.09. The van der Waals surface area contributed by atoms with Crippen molar-refractivity contribution in [3.63, 3.8) is 0 Å². The first-order chi connectivity index (χ1) is 11.1. The van der Waals surface area contributed by atoms with Gasteiger partial charge in [-0.05, 0) is 24.3 Å². The van der Waals surface area contributed by atoms with Crippen LogP contribution < -0.4 is 0 Å². The molecule has 0 atom stereocenters. The van der Waals surface area contributed by atoms with E-state index in [0.29, 0.717) is 23.4 Å². The quantitative estimate of drug-likeness (QED) is 0.681. The van der Waals surface area contributed by atoms with Crippen LogP contribution in [-0.2, 0) is 23.9 Å². The molecule has 0 aliphatic rings. The molecule has 132 valence electrons. The lowest BCUT2D eigenvalue weighted by Gasteiger charge is -2.09. The molecule has 1 aromatic heterocycles. The molecule has 0 saturated heterocycles. The number of benzene rings is 1. The van der Waals surface area contributed by atoms with Gasteiger partial charge in [0.2, 0.25) is 5.89 Å². The van der Waals surface area contributed by atoms with Gasteiger partial charge in [-0.2, -0.15) is 13.2 Å². The monoisotopic (exact) mass is 349 g/mol. The molecule has 0 amide bonds. The maximum absolute atomic E-state index is 12.8. The van der Waals surface area contributed by atoms with Crippen LogP contribution in [0.15, 0.2) is 28.7 Å². The van der Waals surface area contributed by atoms with Crippen LogP contribution in [0.2, 0.25) is 0 Å². The van der Waals surface area contributed by atoms with Crippen LogP contribution in [0.25, 0.3) is 11.5 Å². The Balaban J connectivity index is 2.17.